The molecule has 108 valence electrons. The van der Waals surface area contributed by atoms with Crippen LogP contribution in [0.25, 0.3) is 0 Å². The minimum absolute atomic E-state index is 0.0270. The molecule has 0 aliphatic rings. The molecule has 0 spiro atoms. The van der Waals surface area contributed by atoms with Crippen molar-refractivity contribution in [2.75, 3.05) is 5.32 Å². The van der Waals surface area contributed by atoms with Crippen molar-refractivity contribution in [2.45, 2.75) is 13.8 Å². The van der Waals surface area contributed by atoms with Gasteiger partial charge in [-0.25, -0.2) is 0 Å². The van der Waals surface area contributed by atoms with E-state index in [2.05, 4.69) is 21.2 Å². The lowest BCUT2D eigenvalue weighted by atomic mass is 10.1. The van der Waals surface area contributed by atoms with E-state index in [1.807, 2.05) is 19.1 Å². The van der Waals surface area contributed by atoms with Crippen LogP contribution in [-0.4, -0.2) is 10.8 Å². The highest BCUT2D eigenvalue weighted by Crippen LogP contribution is 2.26. The van der Waals surface area contributed by atoms with Crippen molar-refractivity contribution in [3.05, 3.63) is 67.7 Å². The van der Waals surface area contributed by atoms with Gasteiger partial charge >= 0.3 is 0 Å². The second kappa shape index (κ2) is 6.05. The van der Waals surface area contributed by atoms with Gasteiger partial charge in [-0.3, -0.25) is 14.9 Å². The van der Waals surface area contributed by atoms with Crippen LogP contribution < -0.4 is 5.32 Å². The number of carbonyl (C=O) groups excluding carboxylic acids is 1. The first kappa shape index (κ1) is 15.2. The summed E-state index contributed by atoms with van der Waals surface area (Å²) < 4.78 is 0.818. The number of amides is 1. The zero-order valence-corrected chi connectivity index (χ0v) is 13.1. The van der Waals surface area contributed by atoms with Crippen LogP contribution in [0.15, 0.2) is 40.9 Å². The van der Waals surface area contributed by atoms with E-state index in [1.54, 1.807) is 13.0 Å². The summed E-state index contributed by atoms with van der Waals surface area (Å²) in [5, 5.41) is 13.5. The number of nitrogens with one attached hydrogen (secondary N) is 1. The fourth-order valence-electron chi connectivity index (χ4n) is 1.95. The number of nitro groups is 1. The highest BCUT2D eigenvalue weighted by atomic mass is 79.9. The number of hydrogen-bond donors (Lipinski definition) is 1. The summed E-state index contributed by atoms with van der Waals surface area (Å²) in [5.41, 5.74) is 2.62. The second-order valence-electron chi connectivity index (χ2n) is 4.65. The van der Waals surface area contributed by atoms with Gasteiger partial charge in [0.05, 0.1) is 10.6 Å². The molecule has 0 saturated carbocycles. The highest BCUT2D eigenvalue weighted by Gasteiger charge is 2.14. The molecule has 2 rings (SSSR count). The number of nitrogens with zero attached hydrogens (tertiary/aromatic N) is 1. The first-order chi connectivity index (χ1) is 9.90. The van der Waals surface area contributed by atoms with E-state index >= 15 is 0 Å². The van der Waals surface area contributed by atoms with Crippen molar-refractivity contribution in [1.29, 1.82) is 0 Å². The van der Waals surface area contributed by atoms with Gasteiger partial charge in [0.25, 0.3) is 11.6 Å². The van der Waals surface area contributed by atoms with Crippen LogP contribution in [0.4, 0.5) is 11.4 Å². The van der Waals surface area contributed by atoms with Gasteiger partial charge in [-0.2, -0.15) is 0 Å². The number of rotatable bonds is 3. The topological polar surface area (TPSA) is 72.2 Å². The molecule has 0 saturated heterocycles. The number of nitro benzene ring substituents is 1. The van der Waals surface area contributed by atoms with Crippen LogP contribution in [0.1, 0.15) is 21.5 Å². The van der Waals surface area contributed by atoms with Crippen LogP contribution in [0.3, 0.4) is 0 Å². The number of carbonyl (C=O) groups is 1. The quantitative estimate of drug-likeness (QED) is 0.666. The summed E-state index contributed by atoms with van der Waals surface area (Å²) in [7, 11) is 0. The number of aryl methyl sites for hydroxylation is 2. The molecule has 1 N–H and O–H groups in total. The number of non-ortho nitro benzene ring substituents is 1. The number of benzene rings is 2. The van der Waals surface area contributed by atoms with E-state index in [0.29, 0.717) is 16.8 Å². The largest absolute Gasteiger partial charge is 0.321 e. The van der Waals surface area contributed by atoms with Crippen molar-refractivity contribution < 1.29 is 9.72 Å². The second-order valence-corrected chi connectivity index (χ2v) is 5.44. The van der Waals surface area contributed by atoms with Gasteiger partial charge in [0.2, 0.25) is 0 Å². The highest BCUT2D eigenvalue weighted by molar-refractivity contribution is 9.10. The summed E-state index contributed by atoms with van der Waals surface area (Å²) in [6, 6.07) is 9.74. The van der Waals surface area contributed by atoms with Crippen LogP contribution in [0.2, 0.25) is 0 Å². The molecule has 0 bridgehead atoms. The summed E-state index contributed by atoms with van der Waals surface area (Å²) in [6.07, 6.45) is 0. The molecule has 21 heavy (non-hydrogen) atoms. The summed E-state index contributed by atoms with van der Waals surface area (Å²) in [5.74, 6) is -0.298. The van der Waals surface area contributed by atoms with Gasteiger partial charge in [0, 0.05) is 22.2 Å². The van der Waals surface area contributed by atoms with Crippen LogP contribution >= 0.6 is 15.9 Å². The van der Waals surface area contributed by atoms with Crippen molar-refractivity contribution in [3.63, 3.8) is 0 Å². The van der Waals surface area contributed by atoms with Gasteiger partial charge in [0.15, 0.2) is 0 Å². The maximum atomic E-state index is 12.3. The molecule has 0 heterocycles. The molecule has 0 aliphatic carbocycles. The molecule has 0 aliphatic heterocycles. The molecule has 1 amide bonds. The normalized spacial score (nSPS) is 10.2. The van der Waals surface area contributed by atoms with Gasteiger partial charge < -0.3 is 5.32 Å². The third kappa shape index (κ3) is 3.28. The minimum atomic E-state index is -0.480. The Morgan fingerprint density at radius 2 is 1.90 bits per heavy atom. The molecule has 2 aromatic rings. The lowest BCUT2D eigenvalue weighted by Gasteiger charge is -2.10. The Morgan fingerprint density at radius 3 is 2.52 bits per heavy atom. The first-order valence-corrected chi connectivity index (χ1v) is 7.01. The average molecular weight is 349 g/mol. The SMILES string of the molecule is Cc1cc([N+](=O)[O-])ccc1C(=O)Nc1cccc(C)c1Br. The van der Waals surface area contributed by atoms with Crippen LogP contribution in [0, 0.1) is 24.0 Å². The van der Waals surface area contributed by atoms with Gasteiger partial charge in [-0.1, -0.05) is 12.1 Å². The fraction of sp³-hybridized carbons (Fsp3) is 0.133. The van der Waals surface area contributed by atoms with Crippen molar-refractivity contribution in [1.82, 2.24) is 0 Å². The van der Waals surface area contributed by atoms with E-state index in [1.165, 1.54) is 18.2 Å². The zero-order chi connectivity index (χ0) is 15.6. The number of halogens is 1. The Kier molecular flexibility index (Phi) is 4.37. The zero-order valence-electron chi connectivity index (χ0n) is 11.5. The van der Waals surface area contributed by atoms with E-state index in [9.17, 15) is 14.9 Å². The van der Waals surface area contributed by atoms with Crippen molar-refractivity contribution in [3.8, 4) is 0 Å². The molecule has 0 atom stereocenters. The standard InChI is InChI=1S/C15H13BrN2O3/c1-9-4-3-5-13(14(9)16)17-15(19)12-7-6-11(18(20)21)8-10(12)2/h3-8H,1-2H3,(H,17,19). The van der Waals surface area contributed by atoms with Gasteiger partial charge in [-0.15, -0.1) is 0 Å². The lowest BCUT2D eigenvalue weighted by molar-refractivity contribution is -0.384. The van der Waals surface area contributed by atoms with Crippen molar-refractivity contribution >= 4 is 33.2 Å². The third-order valence-corrected chi connectivity index (χ3v) is 4.16. The molecule has 2 aromatic carbocycles. The fourth-order valence-corrected chi connectivity index (χ4v) is 2.31. The molecule has 0 radical (unpaired) electrons. The maximum absolute atomic E-state index is 12.3. The van der Waals surface area contributed by atoms with Gasteiger partial charge in [0.1, 0.15) is 0 Å². The molecule has 0 unspecified atom stereocenters. The average Bonchev–Trinajstić information content (AvgIpc) is 2.43. The molecular formula is C15H13BrN2O3. The summed E-state index contributed by atoms with van der Waals surface area (Å²) >= 11 is 3.43. The van der Waals surface area contributed by atoms with Crippen molar-refractivity contribution in [2.24, 2.45) is 0 Å². The Balaban J connectivity index is 2.29. The van der Waals surface area contributed by atoms with Crippen LogP contribution in [-0.2, 0) is 0 Å². The molecule has 0 fully saturated rings. The summed E-state index contributed by atoms with van der Waals surface area (Å²) in [4.78, 5) is 22.5. The summed E-state index contributed by atoms with van der Waals surface area (Å²) in [6.45, 7) is 3.60. The Morgan fingerprint density at radius 1 is 1.19 bits per heavy atom. The smallest absolute Gasteiger partial charge is 0.269 e. The molecule has 6 heteroatoms. The minimum Gasteiger partial charge on any atom is -0.321 e. The molecule has 5 nitrogen and oxygen atoms in total. The van der Waals surface area contributed by atoms with E-state index in [-0.39, 0.29) is 11.6 Å². The monoisotopic (exact) mass is 348 g/mol. The molecular weight excluding hydrogens is 336 g/mol. The Hall–Kier alpha value is -2.21. The first-order valence-electron chi connectivity index (χ1n) is 6.21. The van der Waals surface area contributed by atoms with E-state index in [4.69, 9.17) is 0 Å². The Bertz CT molecular complexity index is 729. The number of hydrogen-bond acceptors (Lipinski definition) is 3. The van der Waals surface area contributed by atoms with E-state index < -0.39 is 4.92 Å². The Labute approximate surface area is 130 Å². The maximum Gasteiger partial charge on any atom is 0.269 e. The van der Waals surface area contributed by atoms with E-state index in [0.717, 1.165) is 10.0 Å². The predicted molar refractivity (Wildman–Crippen MR) is 84.7 cm³/mol. The molecule has 0 aromatic heterocycles. The van der Waals surface area contributed by atoms with Crippen LogP contribution in [0.5, 0.6) is 0 Å². The number of anilines is 1. The third-order valence-electron chi connectivity index (χ3n) is 3.11. The predicted octanol–water partition coefficient (Wildman–Crippen LogP) is 4.23. The van der Waals surface area contributed by atoms with Gasteiger partial charge in [-0.05, 0) is 53.0 Å². The lowest BCUT2D eigenvalue weighted by Crippen LogP contribution is -2.14.